The number of nitrogens with zero attached hydrogens (tertiary/aromatic N) is 2. The van der Waals surface area contributed by atoms with Crippen LogP contribution in [0.2, 0.25) is 0 Å². The van der Waals surface area contributed by atoms with Gasteiger partial charge in [-0.05, 0) is 6.92 Å². The second-order valence-electron chi connectivity index (χ2n) is 4.85. The largest absolute Gasteiger partial charge is 0.448 e. The fraction of sp³-hybridized carbons (Fsp3) is 0.538. The first-order chi connectivity index (χ1) is 9.97. The third-order valence-corrected chi connectivity index (χ3v) is 3.06. The molecule has 2 heterocycles. The van der Waals surface area contributed by atoms with Gasteiger partial charge in [-0.1, -0.05) is 0 Å². The summed E-state index contributed by atoms with van der Waals surface area (Å²) in [7, 11) is 0. The van der Waals surface area contributed by atoms with Crippen molar-refractivity contribution in [2.45, 2.75) is 44.2 Å². The molecule has 2 aromatic heterocycles. The molecule has 0 saturated heterocycles. The monoisotopic (exact) mass is 298 g/mol. The molecule has 0 saturated carbocycles. The first kappa shape index (κ1) is 15.6. The van der Waals surface area contributed by atoms with E-state index < -0.39 is 24.4 Å². The van der Waals surface area contributed by atoms with Gasteiger partial charge in [0.05, 0.1) is 31.0 Å². The summed E-state index contributed by atoms with van der Waals surface area (Å²) >= 11 is 0. The van der Waals surface area contributed by atoms with E-state index in [0.29, 0.717) is 18.1 Å². The Morgan fingerprint density at radius 2 is 1.95 bits per heavy atom. The molecule has 116 valence electrons. The van der Waals surface area contributed by atoms with Gasteiger partial charge in [0, 0.05) is 6.42 Å². The predicted molar refractivity (Wildman–Crippen MR) is 69.1 cm³/mol. The van der Waals surface area contributed by atoms with Crippen LogP contribution in [-0.4, -0.2) is 48.7 Å². The summed E-state index contributed by atoms with van der Waals surface area (Å²) in [4.78, 5) is 7.76. The maximum atomic E-state index is 9.94. The van der Waals surface area contributed by atoms with E-state index in [2.05, 4.69) is 9.97 Å². The molecule has 0 fully saturated rings. The zero-order valence-electron chi connectivity index (χ0n) is 11.5. The smallest absolute Gasteiger partial charge is 0.202 e. The van der Waals surface area contributed by atoms with Crippen LogP contribution in [0.25, 0.3) is 0 Å². The fourth-order valence-electron chi connectivity index (χ4n) is 1.84. The second-order valence-corrected chi connectivity index (χ2v) is 4.85. The molecule has 8 nitrogen and oxygen atoms in total. The Hall–Kier alpha value is -1.74. The highest BCUT2D eigenvalue weighted by molar-refractivity contribution is 5.04. The summed E-state index contributed by atoms with van der Waals surface area (Å²) in [5.74, 6) is 1.08. The average Bonchev–Trinajstić information content (AvgIpc) is 3.09. The summed E-state index contributed by atoms with van der Waals surface area (Å²) in [5, 5.41) is 38.3. The second kappa shape index (κ2) is 6.81. The summed E-state index contributed by atoms with van der Waals surface area (Å²) in [6.45, 7) is 1.35. The summed E-state index contributed by atoms with van der Waals surface area (Å²) in [6, 6.07) is 0. The van der Waals surface area contributed by atoms with E-state index in [1.54, 1.807) is 0 Å². The average molecular weight is 298 g/mol. The number of aromatic nitrogens is 2. The molecule has 0 radical (unpaired) electrons. The van der Waals surface area contributed by atoms with Gasteiger partial charge in [-0.25, -0.2) is 9.97 Å². The molecule has 0 spiro atoms. The van der Waals surface area contributed by atoms with E-state index >= 15 is 0 Å². The molecule has 0 bridgehead atoms. The summed E-state index contributed by atoms with van der Waals surface area (Å²) < 4.78 is 10.4. The molecule has 2 aromatic rings. The highest BCUT2D eigenvalue weighted by atomic mass is 16.4. The molecule has 0 aliphatic rings. The Kier molecular flexibility index (Phi) is 5.07. The SMILES string of the molecule is C[C@H](O)[C@@H](O)[C@@H](O)C[C@@H](O)c1cnc(Cc2cnco2)o1. The maximum absolute atomic E-state index is 9.94. The van der Waals surface area contributed by atoms with Gasteiger partial charge < -0.3 is 29.3 Å². The quantitative estimate of drug-likeness (QED) is 0.551. The minimum atomic E-state index is -1.34. The molecule has 0 amide bonds. The molecule has 2 rings (SSSR count). The highest BCUT2D eigenvalue weighted by Crippen LogP contribution is 2.22. The van der Waals surface area contributed by atoms with Gasteiger partial charge in [0.15, 0.2) is 12.2 Å². The normalized spacial score (nSPS) is 17.4. The molecule has 21 heavy (non-hydrogen) atoms. The third-order valence-electron chi connectivity index (χ3n) is 3.06. The van der Waals surface area contributed by atoms with Gasteiger partial charge in [-0.15, -0.1) is 0 Å². The first-order valence-corrected chi connectivity index (χ1v) is 6.51. The molecule has 0 aliphatic heterocycles. The van der Waals surface area contributed by atoms with E-state index in [-0.39, 0.29) is 12.2 Å². The highest BCUT2D eigenvalue weighted by Gasteiger charge is 2.26. The zero-order valence-corrected chi connectivity index (χ0v) is 11.5. The zero-order chi connectivity index (χ0) is 15.4. The van der Waals surface area contributed by atoms with Crippen molar-refractivity contribution in [3.8, 4) is 0 Å². The molecule has 4 N–H and O–H groups in total. The van der Waals surface area contributed by atoms with E-state index in [1.165, 1.54) is 25.7 Å². The van der Waals surface area contributed by atoms with Crippen molar-refractivity contribution in [2.75, 3.05) is 0 Å². The first-order valence-electron chi connectivity index (χ1n) is 6.51. The number of aliphatic hydroxyl groups is 4. The minimum absolute atomic E-state index is 0.168. The molecule has 0 aliphatic carbocycles. The van der Waals surface area contributed by atoms with Gasteiger partial charge >= 0.3 is 0 Å². The van der Waals surface area contributed by atoms with E-state index in [0.717, 1.165) is 0 Å². The van der Waals surface area contributed by atoms with Crippen LogP contribution >= 0.6 is 0 Å². The lowest BCUT2D eigenvalue weighted by Crippen LogP contribution is -2.36. The third kappa shape index (κ3) is 4.11. The Labute approximate surface area is 120 Å². The number of aliphatic hydroxyl groups excluding tert-OH is 4. The Morgan fingerprint density at radius 3 is 2.57 bits per heavy atom. The number of rotatable bonds is 7. The van der Waals surface area contributed by atoms with E-state index in [1.807, 2.05) is 0 Å². The van der Waals surface area contributed by atoms with Crippen LogP contribution in [0, 0.1) is 0 Å². The lowest BCUT2D eigenvalue weighted by atomic mass is 10.0. The van der Waals surface area contributed by atoms with Crippen molar-refractivity contribution in [2.24, 2.45) is 0 Å². The van der Waals surface area contributed by atoms with Crippen molar-refractivity contribution in [3.63, 3.8) is 0 Å². The Balaban J connectivity index is 1.94. The topological polar surface area (TPSA) is 133 Å². The summed E-state index contributed by atoms with van der Waals surface area (Å²) in [6.07, 6.45) is -0.551. The Bertz CT molecular complexity index is 539. The molecular weight excluding hydrogens is 280 g/mol. The van der Waals surface area contributed by atoms with Gasteiger partial charge in [-0.2, -0.15) is 0 Å². The van der Waals surface area contributed by atoms with Crippen LogP contribution in [0.3, 0.4) is 0 Å². The maximum Gasteiger partial charge on any atom is 0.202 e. The molecular formula is C13H18N2O6. The van der Waals surface area contributed by atoms with Gasteiger partial charge in [-0.3, -0.25) is 0 Å². The van der Waals surface area contributed by atoms with Crippen LogP contribution in [0.4, 0.5) is 0 Å². The standard InChI is InChI=1S/C13H18N2O6/c1-7(16)13(19)10(18)3-9(17)11-5-15-12(21-11)2-8-4-14-6-20-8/h4-7,9-10,13,16-19H,2-3H2,1H3/t7-,9+,10-,13+/m0/s1. The molecule has 4 atom stereocenters. The van der Waals surface area contributed by atoms with Crippen molar-refractivity contribution in [1.82, 2.24) is 9.97 Å². The van der Waals surface area contributed by atoms with Gasteiger partial charge in [0.1, 0.15) is 18.0 Å². The van der Waals surface area contributed by atoms with E-state index in [9.17, 15) is 20.4 Å². The van der Waals surface area contributed by atoms with Crippen molar-refractivity contribution < 1.29 is 29.3 Å². The lowest BCUT2D eigenvalue weighted by molar-refractivity contribution is -0.0694. The lowest BCUT2D eigenvalue weighted by Gasteiger charge is -2.21. The fourth-order valence-corrected chi connectivity index (χ4v) is 1.84. The summed E-state index contributed by atoms with van der Waals surface area (Å²) in [5.41, 5.74) is 0. The van der Waals surface area contributed by atoms with Crippen molar-refractivity contribution >= 4 is 0 Å². The van der Waals surface area contributed by atoms with Crippen molar-refractivity contribution in [3.05, 3.63) is 36.2 Å². The predicted octanol–water partition coefficient (Wildman–Crippen LogP) is -0.221. The van der Waals surface area contributed by atoms with Crippen LogP contribution in [0.15, 0.2) is 27.6 Å². The number of oxazole rings is 2. The molecule has 8 heteroatoms. The minimum Gasteiger partial charge on any atom is -0.448 e. The van der Waals surface area contributed by atoms with E-state index in [4.69, 9.17) is 8.83 Å². The molecule has 0 aromatic carbocycles. The van der Waals surface area contributed by atoms with Crippen LogP contribution in [-0.2, 0) is 6.42 Å². The van der Waals surface area contributed by atoms with Crippen LogP contribution in [0.1, 0.15) is 36.9 Å². The van der Waals surface area contributed by atoms with Gasteiger partial charge in [0.2, 0.25) is 5.89 Å². The number of hydrogen-bond acceptors (Lipinski definition) is 8. The number of hydrogen-bond donors (Lipinski definition) is 4. The van der Waals surface area contributed by atoms with Crippen molar-refractivity contribution in [1.29, 1.82) is 0 Å². The van der Waals surface area contributed by atoms with Crippen LogP contribution < -0.4 is 0 Å². The van der Waals surface area contributed by atoms with Gasteiger partial charge in [0.25, 0.3) is 0 Å². The van der Waals surface area contributed by atoms with Crippen LogP contribution in [0.5, 0.6) is 0 Å². The Morgan fingerprint density at radius 1 is 1.19 bits per heavy atom. The molecule has 0 unspecified atom stereocenters.